The van der Waals surface area contributed by atoms with Crippen molar-refractivity contribution in [1.29, 1.82) is 0 Å². The second-order valence-corrected chi connectivity index (χ2v) is 8.43. The van der Waals surface area contributed by atoms with Gasteiger partial charge in [-0.3, -0.25) is 0 Å². The summed E-state index contributed by atoms with van der Waals surface area (Å²) in [4.78, 5) is 0. The van der Waals surface area contributed by atoms with E-state index in [0.29, 0.717) is 12.4 Å². The molecule has 0 aromatic heterocycles. The maximum atomic E-state index is 9.19. The van der Waals surface area contributed by atoms with E-state index in [0.717, 1.165) is 24.6 Å². The molecule has 7 heteroatoms. The molecule has 1 rings (SSSR count). The minimum absolute atomic E-state index is 0.296. The summed E-state index contributed by atoms with van der Waals surface area (Å²) in [5.74, 6) is 1.18. The molecular formula is C14H24O5SSi. The third kappa shape index (κ3) is 6.81. The van der Waals surface area contributed by atoms with Crippen molar-refractivity contribution in [2.75, 3.05) is 33.7 Å². The summed E-state index contributed by atoms with van der Waals surface area (Å²) in [6.45, 7) is 0.644. The third-order valence-electron chi connectivity index (χ3n) is 3.14. The number of phenols is 1. The summed E-state index contributed by atoms with van der Waals surface area (Å²) in [5, 5.41) is 9.19. The van der Waals surface area contributed by atoms with Gasteiger partial charge in [0, 0.05) is 33.1 Å². The normalized spacial score (nSPS) is 11.8. The van der Waals surface area contributed by atoms with Crippen LogP contribution in [0.2, 0.25) is 6.04 Å². The van der Waals surface area contributed by atoms with E-state index < -0.39 is 8.80 Å². The topological polar surface area (TPSA) is 57.2 Å². The molecule has 1 N–H and O–H groups in total. The van der Waals surface area contributed by atoms with Crippen LogP contribution < -0.4 is 0 Å². The lowest BCUT2D eigenvalue weighted by Gasteiger charge is -2.23. The van der Waals surface area contributed by atoms with E-state index in [1.54, 1.807) is 33.5 Å². The number of aromatic hydroxyl groups is 1. The fourth-order valence-electron chi connectivity index (χ4n) is 1.84. The van der Waals surface area contributed by atoms with Gasteiger partial charge in [-0.15, -0.1) is 0 Å². The molecule has 0 aliphatic heterocycles. The quantitative estimate of drug-likeness (QED) is 0.382. The number of rotatable bonds is 11. The summed E-state index contributed by atoms with van der Waals surface area (Å²) in [6, 6.07) is 7.99. The van der Waals surface area contributed by atoms with Crippen molar-refractivity contribution in [3.8, 4) is 5.75 Å². The first-order chi connectivity index (χ1) is 10.2. The van der Waals surface area contributed by atoms with Crippen molar-refractivity contribution in [1.82, 2.24) is 0 Å². The Bertz CT molecular complexity index is 375. The highest BCUT2D eigenvalue weighted by Crippen LogP contribution is 2.17. The molecule has 21 heavy (non-hydrogen) atoms. The summed E-state index contributed by atoms with van der Waals surface area (Å²) in [5.41, 5.74) is 1.19. The maximum absolute atomic E-state index is 9.19. The van der Waals surface area contributed by atoms with Gasteiger partial charge < -0.3 is 22.6 Å². The SMILES string of the molecule is CO[Si](CCCOSCCc1ccc(O)cc1)(OC)OC. The molecule has 0 saturated heterocycles. The Balaban J connectivity index is 2.08. The van der Waals surface area contributed by atoms with Gasteiger partial charge >= 0.3 is 8.80 Å². The molecule has 0 bridgehead atoms. The van der Waals surface area contributed by atoms with Crippen molar-refractivity contribution in [3.63, 3.8) is 0 Å². The lowest BCUT2D eigenvalue weighted by Crippen LogP contribution is -2.42. The zero-order valence-corrected chi connectivity index (χ0v) is 14.6. The van der Waals surface area contributed by atoms with Gasteiger partial charge in [0.15, 0.2) is 0 Å². The van der Waals surface area contributed by atoms with Crippen molar-refractivity contribution in [2.24, 2.45) is 0 Å². The minimum Gasteiger partial charge on any atom is -0.508 e. The van der Waals surface area contributed by atoms with E-state index >= 15 is 0 Å². The Morgan fingerprint density at radius 1 is 1.05 bits per heavy atom. The van der Waals surface area contributed by atoms with E-state index in [4.69, 9.17) is 17.5 Å². The molecule has 1 aromatic rings. The Labute approximate surface area is 132 Å². The van der Waals surface area contributed by atoms with Gasteiger partial charge in [0.05, 0.1) is 6.61 Å². The minimum atomic E-state index is -2.46. The van der Waals surface area contributed by atoms with Crippen LogP contribution in [0.15, 0.2) is 24.3 Å². The van der Waals surface area contributed by atoms with Crippen LogP contribution >= 0.6 is 12.0 Å². The summed E-state index contributed by atoms with van der Waals surface area (Å²) in [7, 11) is 2.40. The molecule has 0 radical (unpaired) electrons. The van der Waals surface area contributed by atoms with Crippen LogP contribution in [-0.4, -0.2) is 47.6 Å². The number of aryl methyl sites for hydroxylation is 1. The second kappa shape index (κ2) is 10.2. The maximum Gasteiger partial charge on any atom is 0.500 e. The van der Waals surface area contributed by atoms with Crippen LogP contribution in [0.25, 0.3) is 0 Å². The first kappa shape index (κ1) is 18.5. The van der Waals surface area contributed by atoms with Gasteiger partial charge in [-0.1, -0.05) is 12.1 Å². The van der Waals surface area contributed by atoms with Gasteiger partial charge in [-0.25, -0.2) is 0 Å². The summed E-state index contributed by atoms with van der Waals surface area (Å²) >= 11 is 1.46. The van der Waals surface area contributed by atoms with Crippen LogP contribution in [0.1, 0.15) is 12.0 Å². The Morgan fingerprint density at radius 3 is 2.24 bits per heavy atom. The first-order valence-corrected chi connectivity index (χ1v) is 9.68. The third-order valence-corrected chi connectivity index (χ3v) is 6.67. The van der Waals surface area contributed by atoms with Crippen molar-refractivity contribution < 1.29 is 22.6 Å². The summed E-state index contributed by atoms with van der Waals surface area (Å²) < 4.78 is 21.6. The first-order valence-electron chi connectivity index (χ1n) is 6.83. The molecule has 0 unspecified atom stereocenters. The molecule has 1 aromatic carbocycles. The largest absolute Gasteiger partial charge is 0.508 e. The molecule has 0 atom stereocenters. The van der Waals surface area contributed by atoms with E-state index in [-0.39, 0.29) is 0 Å². The molecule has 0 spiro atoms. The zero-order valence-electron chi connectivity index (χ0n) is 12.8. The Morgan fingerprint density at radius 2 is 1.67 bits per heavy atom. The van der Waals surface area contributed by atoms with Crippen molar-refractivity contribution in [3.05, 3.63) is 29.8 Å². The molecule has 120 valence electrons. The van der Waals surface area contributed by atoms with Gasteiger partial charge in [-0.2, -0.15) is 0 Å². The van der Waals surface area contributed by atoms with Gasteiger partial charge in [0.25, 0.3) is 0 Å². The van der Waals surface area contributed by atoms with Crippen molar-refractivity contribution >= 4 is 20.8 Å². The van der Waals surface area contributed by atoms with Crippen molar-refractivity contribution in [2.45, 2.75) is 18.9 Å². The standard InChI is InChI=1S/C14H24O5SSi/c1-16-21(17-2,18-3)12-4-10-19-20-11-9-13-5-7-14(15)8-6-13/h5-8,15H,4,9-12H2,1-3H3. The van der Waals surface area contributed by atoms with Gasteiger partial charge in [0.2, 0.25) is 0 Å². The molecule has 5 nitrogen and oxygen atoms in total. The van der Waals surface area contributed by atoms with Crippen LogP contribution in [-0.2, 0) is 23.9 Å². The fourth-order valence-corrected chi connectivity index (χ4v) is 4.21. The van der Waals surface area contributed by atoms with Gasteiger partial charge in [0.1, 0.15) is 5.75 Å². The second-order valence-electron chi connectivity index (χ2n) is 4.46. The zero-order chi connectivity index (χ0) is 15.6. The highest BCUT2D eigenvalue weighted by atomic mass is 32.2. The van der Waals surface area contributed by atoms with E-state index in [2.05, 4.69) is 0 Å². The van der Waals surface area contributed by atoms with E-state index in [1.165, 1.54) is 17.6 Å². The highest BCUT2D eigenvalue weighted by molar-refractivity contribution is 7.94. The molecule has 0 aliphatic rings. The van der Waals surface area contributed by atoms with Crippen LogP contribution in [0, 0.1) is 0 Å². The summed E-state index contributed by atoms with van der Waals surface area (Å²) in [6.07, 6.45) is 1.76. The van der Waals surface area contributed by atoms with Crippen LogP contribution in [0.5, 0.6) is 5.75 Å². The van der Waals surface area contributed by atoms with E-state index in [9.17, 15) is 5.11 Å². The monoisotopic (exact) mass is 332 g/mol. The Kier molecular flexibility index (Phi) is 8.98. The molecule has 0 fully saturated rings. The lowest BCUT2D eigenvalue weighted by atomic mass is 10.2. The average Bonchev–Trinajstić information content (AvgIpc) is 2.52. The van der Waals surface area contributed by atoms with Crippen LogP contribution in [0.4, 0.5) is 0 Å². The molecule has 0 saturated carbocycles. The average molecular weight is 332 g/mol. The predicted molar refractivity (Wildman–Crippen MR) is 86.4 cm³/mol. The van der Waals surface area contributed by atoms with Crippen LogP contribution in [0.3, 0.4) is 0 Å². The molecule has 0 amide bonds. The predicted octanol–water partition coefficient (Wildman–Crippen LogP) is 2.87. The molecule has 0 heterocycles. The smallest absolute Gasteiger partial charge is 0.500 e. The van der Waals surface area contributed by atoms with E-state index in [1.807, 2.05) is 12.1 Å². The number of benzene rings is 1. The highest BCUT2D eigenvalue weighted by Gasteiger charge is 2.36. The number of phenolic OH excluding ortho intramolecular Hbond substituents is 1. The van der Waals surface area contributed by atoms with Gasteiger partial charge in [-0.05, 0) is 42.6 Å². The Hall–Kier alpha value is -0.573. The number of hydrogen-bond donors (Lipinski definition) is 1. The molecule has 0 aliphatic carbocycles. The lowest BCUT2D eigenvalue weighted by molar-refractivity contribution is 0.121. The molecular weight excluding hydrogens is 308 g/mol. The number of hydrogen-bond acceptors (Lipinski definition) is 6. The fraction of sp³-hybridized carbons (Fsp3) is 0.571.